The average Bonchev–Trinajstić information content (AvgIpc) is 2.38. The molecule has 18 heavy (non-hydrogen) atoms. The van der Waals surface area contributed by atoms with Crippen molar-refractivity contribution < 1.29 is 16.8 Å². The van der Waals surface area contributed by atoms with Crippen LogP contribution < -0.4 is 17.7 Å². The first-order valence-corrected chi connectivity index (χ1v) is 6.48. The van der Waals surface area contributed by atoms with Crippen molar-refractivity contribution in [3.05, 3.63) is 47.3 Å². The Kier molecular flexibility index (Phi) is 6.99. The molecule has 0 atom stereocenters. The lowest BCUT2D eigenvalue weighted by atomic mass is 9.97. The summed E-state index contributed by atoms with van der Waals surface area (Å²) in [5.41, 5.74) is 2.74. The lowest BCUT2D eigenvalue weighted by Gasteiger charge is -2.12. The molecule has 100 valence electrons. The number of halogens is 2. The van der Waals surface area contributed by atoms with E-state index in [2.05, 4.69) is 11.4 Å². The quantitative estimate of drug-likeness (QED) is 0.616. The Balaban J connectivity index is 0.00000162. The molecular formula is C15H20ClFN-. The largest absolute Gasteiger partial charge is 1.00 e. The summed E-state index contributed by atoms with van der Waals surface area (Å²) in [6.45, 7) is 1.84. The molecule has 0 fully saturated rings. The van der Waals surface area contributed by atoms with Gasteiger partial charge in [0.25, 0.3) is 0 Å². The van der Waals surface area contributed by atoms with Gasteiger partial charge in [0.15, 0.2) is 0 Å². The fraction of sp³-hybridized carbons (Fsp3) is 0.467. The van der Waals surface area contributed by atoms with Crippen molar-refractivity contribution in [1.82, 2.24) is 5.32 Å². The second kappa shape index (κ2) is 8.28. The highest BCUT2D eigenvalue weighted by Gasteiger charge is 2.02. The van der Waals surface area contributed by atoms with Crippen LogP contribution in [-0.4, -0.2) is 6.54 Å². The molecule has 1 aliphatic carbocycles. The van der Waals surface area contributed by atoms with Gasteiger partial charge in [-0.2, -0.15) is 0 Å². The molecule has 0 bridgehead atoms. The number of rotatable bonds is 5. The molecular weight excluding hydrogens is 249 g/mol. The summed E-state index contributed by atoms with van der Waals surface area (Å²) in [6.07, 6.45) is 8.78. The molecule has 0 saturated heterocycles. The molecule has 1 aliphatic rings. The monoisotopic (exact) mass is 268 g/mol. The highest BCUT2D eigenvalue weighted by Crippen LogP contribution is 2.19. The summed E-state index contributed by atoms with van der Waals surface area (Å²) in [7, 11) is 0. The average molecular weight is 269 g/mol. The van der Waals surface area contributed by atoms with Crippen molar-refractivity contribution in [1.29, 1.82) is 0 Å². The lowest BCUT2D eigenvalue weighted by molar-refractivity contribution is -0.00000417. The van der Waals surface area contributed by atoms with E-state index in [1.807, 2.05) is 12.1 Å². The van der Waals surface area contributed by atoms with Crippen LogP contribution in [0.3, 0.4) is 0 Å². The molecule has 2 rings (SSSR count). The van der Waals surface area contributed by atoms with Gasteiger partial charge in [-0.25, -0.2) is 4.39 Å². The standard InChI is InChI=1S/C15H20FN.ClH/c16-15-8-6-14(7-9-15)12-17-11-10-13-4-2-1-3-5-13;/h4,6-9,17H,1-3,5,10-12H2;1H/p-1. The van der Waals surface area contributed by atoms with Crippen molar-refractivity contribution in [2.45, 2.75) is 38.6 Å². The summed E-state index contributed by atoms with van der Waals surface area (Å²) in [5.74, 6) is -0.166. The molecule has 1 nitrogen and oxygen atoms in total. The van der Waals surface area contributed by atoms with Crippen LogP contribution in [0.5, 0.6) is 0 Å². The van der Waals surface area contributed by atoms with Gasteiger partial charge in [-0.15, -0.1) is 0 Å². The molecule has 1 N–H and O–H groups in total. The maximum atomic E-state index is 12.7. The van der Waals surface area contributed by atoms with E-state index in [1.165, 1.54) is 37.8 Å². The normalized spacial score (nSPS) is 14.8. The van der Waals surface area contributed by atoms with Crippen molar-refractivity contribution in [2.75, 3.05) is 6.54 Å². The first-order valence-electron chi connectivity index (χ1n) is 6.48. The molecule has 0 amide bonds. The minimum Gasteiger partial charge on any atom is -1.00 e. The van der Waals surface area contributed by atoms with E-state index in [9.17, 15) is 4.39 Å². The first kappa shape index (κ1) is 15.2. The Labute approximate surface area is 115 Å². The van der Waals surface area contributed by atoms with Crippen LogP contribution >= 0.6 is 0 Å². The Morgan fingerprint density at radius 2 is 1.89 bits per heavy atom. The third-order valence-electron chi connectivity index (χ3n) is 3.25. The van der Waals surface area contributed by atoms with Crippen LogP contribution in [-0.2, 0) is 6.54 Å². The van der Waals surface area contributed by atoms with E-state index in [0.717, 1.165) is 25.1 Å². The molecule has 0 radical (unpaired) electrons. The summed E-state index contributed by atoms with van der Waals surface area (Å²) in [4.78, 5) is 0. The molecule has 0 aliphatic heterocycles. The summed E-state index contributed by atoms with van der Waals surface area (Å²) < 4.78 is 12.7. The van der Waals surface area contributed by atoms with Gasteiger partial charge in [-0.1, -0.05) is 23.8 Å². The third kappa shape index (κ3) is 5.19. The van der Waals surface area contributed by atoms with Gasteiger partial charge in [-0.3, -0.25) is 0 Å². The van der Waals surface area contributed by atoms with Crippen molar-refractivity contribution in [3.8, 4) is 0 Å². The van der Waals surface area contributed by atoms with Crippen molar-refractivity contribution in [3.63, 3.8) is 0 Å². The van der Waals surface area contributed by atoms with Gasteiger partial charge in [-0.05, 0) is 56.3 Å². The third-order valence-corrected chi connectivity index (χ3v) is 3.25. The van der Waals surface area contributed by atoms with Gasteiger partial charge in [0.2, 0.25) is 0 Å². The van der Waals surface area contributed by atoms with Gasteiger partial charge in [0.05, 0.1) is 0 Å². The second-order valence-corrected chi connectivity index (χ2v) is 4.66. The lowest BCUT2D eigenvalue weighted by Crippen LogP contribution is -3.00. The van der Waals surface area contributed by atoms with E-state index >= 15 is 0 Å². The summed E-state index contributed by atoms with van der Waals surface area (Å²) in [6, 6.07) is 6.70. The highest BCUT2D eigenvalue weighted by atomic mass is 35.5. The fourth-order valence-corrected chi connectivity index (χ4v) is 2.22. The predicted molar refractivity (Wildman–Crippen MR) is 69.3 cm³/mol. The van der Waals surface area contributed by atoms with Crippen LogP contribution in [0.1, 0.15) is 37.7 Å². The molecule has 0 unspecified atom stereocenters. The van der Waals surface area contributed by atoms with E-state index in [-0.39, 0.29) is 18.2 Å². The van der Waals surface area contributed by atoms with E-state index in [1.54, 1.807) is 5.57 Å². The Morgan fingerprint density at radius 3 is 2.56 bits per heavy atom. The van der Waals surface area contributed by atoms with Crippen LogP contribution in [0.15, 0.2) is 35.9 Å². The molecule has 1 aromatic rings. The van der Waals surface area contributed by atoms with Gasteiger partial charge < -0.3 is 17.7 Å². The second-order valence-electron chi connectivity index (χ2n) is 4.66. The first-order chi connectivity index (χ1) is 8.34. The van der Waals surface area contributed by atoms with Crippen LogP contribution in [0.2, 0.25) is 0 Å². The Hall–Kier alpha value is -0.860. The molecule has 0 saturated carbocycles. The minimum atomic E-state index is -0.166. The van der Waals surface area contributed by atoms with Crippen molar-refractivity contribution in [2.24, 2.45) is 0 Å². The number of nitrogens with one attached hydrogen (secondary N) is 1. The molecule has 3 heteroatoms. The van der Waals surface area contributed by atoms with E-state index < -0.39 is 0 Å². The molecule has 1 aromatic carbocycles. The fourth-order valence-electron chi connectivity index (χ4n) is 2.22. The maximum Gasteiger partial charge on any atom is 0.123 e. The number of hydrogen-bond acceptors (Lipinski definition) is 1. The topological polar surface area (TPSA) is 12.0 Å². The zero-order valence-electron chi connectivity index (χ0n) is 10.6. The number of benzene rings is 1. The van der Waals surface area contributed by atoms with Gasteiger partial charge >= 0.3 is 0 Å². The maximum absolute atomic E-state index is 12.7. The minimum absolute atomic E-state index is 0. The van der Waals surface area contributed by atoms with Gasteiger partial charge in [0.1, 0.15) is 5.82 Å². The van der Waals surface area contributed by atoms with Gasteiger partial charge in [0, 0.05) is 6.54 Å². The Bertz CT molecular complexity index is 373. The smallest absolute Gasteiger partial charge is 0.123 e. The molecule has 0 aromatic heterocycles. The predicted octanol–water partition coefficient (Wildman–Crippen LogP) is 0.810. The number of allylic oxidation sites excluding steroid dienone is 1. The summed E-state index contributed by atoms with van der Waals surface area (Å²) in [5, 5.41) is 3.41. The Morgan fingerprint density at radius 1 is 1.11 bits per heavy atom. The van der Waals surface area contributed by atoms with E-state index in [4.69, 9.17) is 0 Å². The highest BCUT2D eigenvalue weighted by molar-refractivity contribution is 5.15. The van der Waals surface area contributed by atoms with E-state index in [0.29, 0.717) is 0 Å². The van der Waals surface area contributed by atoms with Crippen LogP contribution in [0.25, 0.3) is 0 Å². The zero-order valence-corrected chi connectivity index (χ0v) is 11.3. The molecule has 0 heterocycles. The SMILES string of the molecule is Fc1ccc(CNCCC2=CCCCC2)cc1.[Cl-]. The molecule has 0 spiro atoms. The zero-order chi connectivity index (χ0) is 11.9. The van der Waals surface area contributed by atoms with Crippen LogP contribution in [0.4, 0.5) is 4.39 Å². The van der Waals surface area contributed by atoms with Crippen LogP contribution in [0, 0.1) is 5.82 Å². The summed E-state index contributed by atoms with van der Waals surface area (Å²) >= 11 is 0. The number of hydrogen-bond donors (Lipinski definition) is 1. The van der Waals surface area contributed by atoms with Crippen molar-refractivity contribution >= 4 is 0 Å².